The van der Waals surface area contributed by atoms with E-state index < -0.39 is 29.4 Å². The van der Waals surface area contributed by atoms with Crippen LogP contribution in [0.3, 0.4) is 0 Å². The molecule has 2 atom stereocenters. The number of nitrogens with one attached hydrogen (secondary N) is 2. The van der Waals surface area contributed by atoms with Crippen LogP contribution in [-0.2, 0) is 19.1 Å². The van der Waals surface area contributed by atoms with Crippen LogP contribution in [0.25, 0.3) is 11.1 Å². The van der Waals surface area contributed by atoms with Gasteiger partial charge in [0.15, 0.2) is 0 Å². The minimum Gasteiger partial charge on any atom is -0.481 e. The molecule has 0 radical (unpaired) electrons. The first-order valence-corrected chi connectivity index (χ1v) is 11.4. The number of benzene rings is 2. The molecule has 8 heteroatoms. The zero-order valence-electron chi connectivity index (χ0n) is 19.4. The second-order valence-corrected chi connectivity index (χ2v) is 9.67. The Bertz CT molecular complexity index is 1040. The van der Waals surface area contributed by atoms with Gasteiger partial charge in [0.05, 0.1) is 31.6 Å². The lowest BCUT2D eigenvalue weighted by Gasteiger charge is -2.25. The zero-order valence-corrected chi connectivity index (χ0v) is 19.4. The summed E-state index contributed by atoms with van der Waals surface area (Å²) in [6, 6.07) is 15.7. The summed E-state index contributed by atoms with van der Waals surface area (Å²) in [6.07, 6.45) is -0.656. The number of carbonyl (C=O) groups is 3. The smallest absolute Gasteiger partial charge is 0.407 e. The Kier molecular flexibility index (Phi) is 6.88. The highest BCUT2D eigenvalue weighted by Crippen LogP contribution is 2.44. The minimum atomic E-state index is -0.918. The number of aliphatic carboxylic acids is 1. The van der Waals surface area contributed by atoms with Gasteiger partial charge in [0, 0.05) is 12.5 Å². The van der Waals surface area contributed by atoms with Crippen molar-refractivity contribution in [3.63, 3.8) is 0 Å². The molecule has 2 unspecified atom stereocenters. The van der Waals surface area contributed by atoms with Crippen molar-refractivity contribution < 1.29 is 29.0 Å². The summed E-state index contributed by atoms with van der Waals surface area (Å²) in [4.78, 5) is 36.3. The number of carboxylic acids is 1. The maximum absolute atomic E-state index is 12.7. The number of rotatable bonds is 8. The van der Waals surface area contributed by atoms with E-state index in [4.69, 9.17) is 14.6 Å². The first-order valence-electron chi connectivity index (χ1n) is 11.4. The van der Waals surface area contributed by atoms with Gasteiger partial charge in [-0.2, -0.15) is 0 Å². The van der Waals surface area contributed by atoms with E-state index in [-0.39, 0.29) is 44.6 Å². The molecular weight excluding hydrogens is 436 g/mol. The molecule has 4 rings (SSSR count). The molecule has 2 aromatic carbocycles. The summed E-state index contributed by atoms with van der Waals surface area (Å²) < 4.78 is 11.0. The van der Waals surface area contributed by atoms with Gasteiger partial charge in [-0.05, 0) is 27.7 Å². The van der Waals surface area contributed by atoms with Crippen molar-refractivity contribution in [3.05, 3.63) is 59.7 Å². The van der Waals surface area contributed by atoms with E-state index in [9.17, 15) is 14.4 Å². The molecule has 0 spiro atoms. The molecule has 0 saturated carbocycles. The highest BCUT2D eigenvalue weighted by molar-refractivity contribution is 5.81. The molecule has 1 heterocycles. The van der Waals surface area contributed by atoms with Gasteiger partial charge in [-0.3, -0.25) is 9.59 Å². The van der Waals surface area contributed by atoms with Crippen LogP contribution in [0.2, 0.25) is 0 Å². The fourth-order valence-corrected chi connectivity index (χ4v) is 4.68. The summed E-state index contributed by atoms with van der Waals surface area (Å²) in [7, 11) is 0. The molecule has 2 aromatic rings. The molecule has 1 saturated heterocycles. The Labute approximate surface area is 198 Å². The Balaban J connectivity index is 1.32. The van der Waals surface area contributed by atoms with Gasteiger partial charge >= 0.3 is 12.1 Å². The van der Waals surface area contributed by atoms with E-state index in [0.717, 1.165) is 22.3 Å². The lowest BCUT2D eigenvalue weighted by atomic mass is 9.89. The number of hydrogen-bond acceptors (Lipinski definition) is 5. The summed E-state index contributed by atoms with van der Waals surface area (Å²) in [5.41, 5.74) is 3.97. The lowest BCUT2D eigenvalue weighted by molar-refractivity contribution is -0.139. The average molecular weight is 467 g/mol. The fraction of sp³-hybridized carbons (Fsp3) is 0.423. The normalized spacial score (nSPS) is 19.2. The van der Waals surface area contributed by atoms with Crippen molar-refractivity contribution in [2.75, 3.05) is 26.4 Å². The second-order valence-electron chi connectivity index (χ2n) is 9.67. The van der Waals surface area contributed by atoms with E-state index in [1.165, 1.54) is 0 Å². The van der Waals surface area contributed by atoms with E-state index in [1.54, 1.807) is 13.8 Å². The zero-order chi connectivity index (χ0) is 24.3. The fourth-order valence-electron chi connectivity index (χ4n) is 4.68. The number of hydrogen-bond donors (Lipinski definition) is 3. The largest absolute Gasteiger partial charge is 0.481 e. The van der Waals surface area contributed by atoms with Crippen LogP contribution >= 0.6 is 0 Å². The molecule has 1 fully saturated rings. The van der Waals surface area contributed by atoms with Gasteiger partial charge in [0.1, 0.15) is 6.61 Å². The monoisotopic (exact) mass is 466 g/mol. The predicted molar refractivity (Wildman–Crippen MR) is 125 cm³/mol. The number of ether oxygens (including phenoxy) is 2. The Morgan fingerprint density at radius 3 is 2.26 bits per heavy atom. The summed E-state index contributed by atoms with van der Waals surface area (Å²) in [5, 5.41) is 14.6. The quantitative estimate of drug-likeness (QED) is 0.551. The average Bonchev–Trinajstić information content (AvgIpc) is 3.38. The molecule has 2 amide bonds. The predicted octanol–water partition coefficient (Wildman–Crippen LogP) is 3.16. The molecule has 1 aliphatic heterocycles. The van der Waals surface area contributed by atoms with E-state index >= 15 is 0 Å². The SMILES string of the molecule is CC(C)(CNC(=O)C1COCC1NC(=O)OCC1c2ccccc2-c2ccccc21)CC(=O)O. The van der Waals surface area contributed by atoms with Gasteiger partial charge in [-0.25, -0.2) is 4.79 Å². The van der Waals surface area contributed by atoms with Crippen LogP contribution in [0.1, 0.15) is 37.3 Å². The Morgan fingerprint density at radius 2 is 1.65 bits per heavy atom. The minimum absolute atomic E-state index is 0.0476. The number of fused-ring (bicyclic) bond motifs is 3. The first kappa shape index (κ1) is 23.8. The standard InChI is InChI=1S/C26H30N2O6/c1-26(2,11-23(29)30)15-27-24(31)21-12-33-14-22(21)28-25(32)34-13-20-18-9-5-3-7-16(18)17-8-4-6-10-19(17)20/h3-10,20-22H,11-15H2,1-2H3,(H,27,31)(H,28,32)(H,29,30). The number of amides is 2. The van der Waals surface area contributed by atoms with Crippen molar-refractivity contribution in [2.24, 2.45) is 11.3 Å². The highest BCUT2D eigenvalue weighted by atomic mass is 16.5. The van der Waals surface area contributed by atoms with Crippen LogP contribution in [0.4, 0.5) is 4.79 Å². The third kappa shape index (κ3) is 5.22. The maximum atomic E-state index is 12.7. The molecule has 2 aliphatic rings. The van der Waals surface area contributed by atoms with Gasteiger partial charge in [0.2, 0.25) is 5.91 Å². The number of alkyl carbamates (subject to hydrolysis) is 1. The van der Waals surface area contributed by atoms with Crippen LogP contribution in [0, 0.1) is 11.3 Å². The Hall–Kier alpha value is -3.39. The number of carboxylic acid groups (broad SMARTS) is 1. The molecular formula is C26H30N2O6. The van der Waals surface area contributed by atoms with Crippen LogP contribution < -0.4 is 10.6 Å². The Morgan fingerprint density at radius 1 is 1.03 bits per heavy atom. The number of carbonyl (C=O) groups excluding carboxylic acids is 2. The van der Waals surface area contributed by atoms with Gasteiger partial charge in [0.25, 0.3) is 0 Å². The molecule has 3 N–H and O–H groups in total. The third-order valence-corrected chi connectivity index (χ3v) is 6.44. The topological polar surface area (TPSA) is 114 Å². The maximum Gasteiger partial charge on any atom is 0.407 e. The van der Waals surface area contributed by atoms with Crippen LogP contribution in [0.15, 0.2) is 48.5 Å². The van der Waals surface area contributed by atoms with Crippen molar-refractivity contribution in [1.82, 2.24) is 10.6 Å². The van der Waals surface area contributed by atoms with Crippen LogP contribution in [0.5, 0.6) is 0 Å². The molecule has 8 nitrogen and oxygen atoms in total. The summed E-state index contributed by atoms with van der Waals surface area (Å²) in [5.74, 6) is -1.81. The van der Waals surface area contributed by atoms with Crippen molar-refractivity contribution in [1.29, 1.82) is 0 Å². The van der Waals surface area contributed by atoms with Gasteiger partial charge in [-0.15, -0.1) is 0 Å². The molecule has 34 heavy (non-hydrogen) atoms. The van der Waals surface area contributed by atoms with E-state index in [2.05, 4.69) is 34.9 Å². The van der Waals surface area contributed by atoms with E-state index in [0.29, 0.717) is 0 Å². The summed E-state index contributed by atoms with van der Waals surface area (Å²) in [6.45, 7) is 4.35. The second kappa shape index (κ2) is 9.85. The lowest BCUT2D eigenvalue weighted by Crippen LogP contribution is -2.48. The van der Waals surface area contributed by atoms with Crippen molar-refractivity contribution >= 4 is 18.0 Å². The third-order valence-electron chi connectivity index (χ3n) is 6.44. The first-order chi connectivity index (χ1) is 16.2. The highest BCUT2D eigenvalue weighted by Gasteiger charge is 2.37. The molecule has 0 aromatic heterocycles. The molecule has 0 bridgehead atoms. The van der Waals surface area contributed by atoms with Gasteiger partial charge in [-0.1, -0.05) is 62.4 Å². The van der Waals surface area contributed by atoms with Crippen molar-refractivity contribution in [2.45, 2.75) is 32.2 Å². The molecule has 1 aliphatic carbocycles. The van der Waals surface area contributed by atoms with Gasteiger partial charge < -0.3 is 25.2 Å². The molecule has 180 valence electrons. The van der Waals surface area contributed by atoms with Crippen molar-refractivity contribution in [3.8, 4) is 11.1 Å². The van der Waals surface area contributed by atoms with E-state index in [1.807, 2.05) is 24.3 Å². The van der Waals surface area contributed by atoms with Crippen LogP contribution in [-0.4, -0.2) is 55.5 Å². The summed E-state index contributed by atoms with van der Waals surface area (Å²) >= 11 is 0.